The minimum atomic E-state index is -0.259. The predicted octanol–water partition coefficient (Wildman–Crippen LogP) is 5.79. The van der Waals surface area contributed by atoms with Crippen molar-refractivity contribution in [2.24, 2.45) is 16.1 Å². The van der Waals surface area contributed by atoms with Gasteiger partial charge in [0.25, 0.3) is 0 Å². The van der Waals surface area contributed by atoms with Crippen LogP contribution in [0.25, 0.3) is 11.1 Å². The van der Waals surface area contributed by atoms with Crippen molar-refractivity contribution in [3.63, 3.8) is 0 Å². The molecule has 1 fully saturated rings. The summed E-state index contributed by atoms with van der Waals surface area (Å²) in [7, 11) is 0. The zero-order valence-corrected chi connectivity index (χ0v) is 17.1. The zero-order valence-electron chi connectivity index (χ0n) is 15.4. The van der Waals surface area contributed by atoms with Crippen LogP contribution in [0, 0.1) is 23.7 Å². The lowest BCUT2D eigenvalue weighted by molar-refractivity contribution is 0.226. The number of amidine groups is 1. The van der Waals surface area contributed by atoms with Gasteiger partial charge in [-0.2, -0.15) is 5.26 Å². The van der Waals surface area contributed by atoms with E-state index in [2.05, 4.69) is 66.3 Å². The van der Waals surface area contributed by atoms with E-state index in [1.807, 2.05) is 0 Å². The Morgan fingerprint density at radius 3 is 2.56 bits per heavy atom. The van der Waals surface area contributed by atoms with Crippen molar-refractivity contribution in [3.05, 3.63) is 56.8 Å². The fourth-order valence-electron chi connectivity index (χ4n) is 4.60. The lowest BCUT2D eigenvalue weighted by Crippen LogP contribution is -2.42. The van der Waals surface area contributed by atoms with Gasteiger partial charge in [-0.3, -0.25) is 0 Å². The van der Waals surface area contributed by atoms with Gasteiger partial charge in [-0.1, -0.05) is 49.1 Å². The van der Waals surface area contributed by atoms with Crippen molar-refractivity contribution < 1.29 is 0 Å². The Hall–Kier alpha value is -2.03. The Balaban J connectivity index is 1.79. The molecule has 2 aliphatic rings. The van der Waals surface area contributed by atoms with E-state index in [0.29, 0.717) is 10.9 Å². The third-order valence-electron chi connectivity index (χ3n) is 5.95. The number of aryl methyl sites for hydroxylation is 1. The standard InChI is InChI=1S/C22H23N3S2/c1-14-5-7-15(8-6-14)16-11-18(27-13-16)19-20(24)25-21(26)17(12-23)22(19)9-3-2-4-10-22/h5-8,11,13,19,26H,2-4,9-10H2,1H3,(H2,24,25). The van der Waals surface area contributed by atoms with Gasteiger partial charge < -0.3 is 5.73 Å². The average Bonchev–Trinajstić information content (AvgIpc) is 3.12. The first-order valence-corrected chi connectivity index (χ1v) is 10.7. The van der Waals surface area contributed by atoms with Gasteiger partial charge in [-0.15, -0.1) is 24.0 Å². The van der Waals surface area contributed by atoms with Crippen LogP contribution in [0.3, 0.4) is 0 Å². The molecule has 3 nitrogen and oxygen atoms in total. The number of aliphatic imine (C=N–C) groups is 1. The summed E-state index contributed by atoms with van der Waals surface area (Å²) in [4.78, 5) is 5.65. The highest BCUT2D eigenvalue weighted by molar-refractivity contribution is 7.84. The van der Waals surface area contributed by atoms with Crippen molar-refractivity contribution in [3.8, 4) is 17.2 Å². The molecular weight excluding hydrogens is 370 g/mol. The van der Waals surface area contributed by atoms with Crippen LogP contribution in [0.5, 0.6) is 0 Å². The van der Waals surface area contributed by atoms with E-state index in [0.717, 1.165) is 31.3 Å². The van der Waals surface area contributed by atoms with Crippen molar-refractivity contribution in [1.82, 2.24) is 0 Å². The Bertz CT molecular complexity index is 954. The topological polar surface area (TPSA) is 62.2 Å². The fourth-order valence-corrected chi connectivity index (χ4v) is 6.13. The minimum absolute atomic E-state index is 0.0347. The molecule has 138 valence electrons. The summed E-state index contributed by atoms with van der Waals surface area (Å²) in [5, 5.41) is 12.6. The molecule has 0 saturated heterocycles. The number of thiophene rings is 1. The van der Waals surface area contributed by atoms with E-state index in [-0.39, 0.29) is 11.3 Å². The lowest BCUT2D eigenvalue weighted by Gasteiger charge is -2.44. The number of benzene rings is 1. The first-order valence-electron chi connectivity index (χ1n) is 9.38. The Labute approximate surface area is 170 Å². The van der Waals surface area contributed by atoms with E-state index in [1.165, 1.54) is 28.0 Å². The predicted molar refractivity (Wildman–Crippen MR) is 116 cm³/mol. The largest absolute Gasteiger partial charge is 0.387 e. The van der Waals surface area contributed by atoms with Crippen LogP contribution in [0.15, 0.2) is 51.3 Å². The molecule has 1 aromatic carbocycles. The first-order chi connectivity index (χ1) is 13.0. The molecule has 1 aliphatic carbocycles. The van der Waals surface area contributed by atoms with Crippen molar-refractivity contribution in [2.45, 2.75) is 44.9 Å². The SMILES string of the molecule is Cc1ccc(-c2csc(C3C(N)=NC(S)=C(C#N)C34CCCCC4)c2)cc1. The molecule has 1 unspecified atom stereocenters. The molecular formula is C22H23N3S2. The normalized spacial score (nSPS) is 21.8. The molecule has 5 heteroatoms. The van der Waals surface area contributed by atoms with Gasteiger partial charge in [-0.25, -0.2) is 4.99 Å². The molecule has 27 heavy (non-hydrogen) atoms. The van der Waals surface area contributed by atoms with Crippen LogP contribution in [0.1, 0.15) is 48.5 Å². The Morgan fingerprint density at radius 2 is 1.89 bits per heavy atom. The van der Waals surface area contributed by atoms with Gasteiger partial charge in [0.05, 0.1) is 17.6 Å². The average molecular weight is 394 g/mol. The molecule has 2 aromatic rings. The fraction of sp³-hybridized carbons (Fsp3) is 0.364. The van der Waals surface area contributed by atoms with Gasteiger partial charge in [0.2, 0.25) is 0 Å². The van der Waals surface area contributed by atoms with E-state index in [9.17, 15) is 5.26 Å². The van der Waals surface area contributed by atoms with Crippen LogP contribution >= 0.6 is 24.0 Å². The maximum absolute atomic E-state index is 9.88. The molecule has 0 amide bonds. The lowest BCUT2D eigenvalue weighted by atomic mass is 9.60. The number of hydrogen-bond donors (Lipinski definition) is 2. The third-order valence-corrected chi connectivity index (χ3v) is 7.27. The molecule has 4 rings (SSSR count). The maximum atomic E-state index is 9.88. The van der Waals surface area contributed by atoms with E-state index in [4.69, 9.17) is 5.73 Å². The highest BCUT2D eigenvalue weighted by atomic mass is 32.1. The number of rotatable bonds is 2. The van der Waals surface area contributed by atoms with Crippen LogP contribution in [0.4, 0.5) is 0 Å². The van der Waals surface area contributed by atoms with Gasteiger partial charge in [0.1, 0.15) is 10.9 Å². The Kier molecular flexibility index (Phi) is 4.88. The van der Waals surface area contributed by atoms with E-state index < -0.39 is 0 Å². The van der Waals surface area contributed by atoms with Crippen LogP contribution in [-0.2, 0) is 0 Å². The summed E-state index contributed by atoms with van der Waals surface area (Å²) < 4.78 is 0. The molecule has 2 heterocycles. The van der Waals surface area contributed by atoms with Gasteiger partial charge in [-0.05, 0) is 42.3 Å². The van der Waals surface area contributed by atoms with Crippen LogP contribution in [-0.4, -0.2) is 5.84 Å². The summed E-state index contributed by atoms with van der Waals surface area (Å²) in [6.45, 7) is 2.10. The van der Waals surface area contributed by atoms with Gasteiger partial charge in [0, 0.05) is 10.3 Å². The summed E-state index contributed by atoms with van der Waals surface area (Å²) in [5.74, 6) is 0.561. The molecule has 1 spiro atoms. The number of nitrogens with two attached hydrogens (primary N) is 1. The summed E-state index contributed by atoms with van der Waals surface area (Å²) in [6.07, 6.45) is 5.39. The third kappa shape index (κ3) is 3.11. The van der Waals surface area contributed by atoms with E-state index >= 15 is 0 Å². The summed E-state index contributed by atoms with van der Waals surface area (Å²) in [6, 6.07) is 13.2. The summed E-state index contributed by atoms with van der Waals surface area (Å²) in [5.41, 5.74) is 10.6. The van der Waals surface area contributed by atoms with Crippen molar-refractivity contribution >= 4 is 29.8 Å². The number of allylic oxidation sites excluding steroid dienone is 1. The van der Waals surface area contributed by atoms with Crippen LogP contribution < -0.4 is 5.73 Å². The second-order valence-corrected chi connectivity index (χ2v) is 8.97. The number of thiol groups is 1. The minimum Gasteiger partial charge on any atom is -0.387 e. The Morgan fingerprint density at radius 1 is 1.19 bits per heavy atom. The highest BCUT2D eigenvalue weighted by Crippen LogP contribution is 2.56. The summed E-state index contributed by atoms with van der Waals surface area (Å²) >= 11 is 6.22. The molecule has 1 atom stereocenters. The number of hydrogen-bond acceptors (Lipinski definition) is 5. The number of nitrogens with zero attached hydrogens (tertiary/aromatic N) is 2. The molecule has 0 bridgehead atoms. The van der Waals surface area contributed by atoms with Crippen molar-refractivity contribution in [2.75, 3.05) is 0 Å². The molecule has 1 aromatic heterocycles. The van der Waals surface area contributed by atoms with Gasteiger partial charge >= 0.3 is 0 Å². The van der Waals surface area contributed by atoms with Gasteiger partial charge in [0.15, 0.2) is 0 Å². The highest BCUT2D eigenvalue weighted by Gasteiger charge is 2.49. The number of nitriles is 1. The van der Waals surface area contributed by atoms with Crippen LogP contribution in [0.2, 0.25) is 0 Å². The smallest absolute Gasteiger partial charge is 0.110 e. The first kappa shape index (κ1) is 18.3. The second-order valence-electron chi connectivity index (χ2n) is 7.60. The monoisotopic (exact) mass is 393 g/mol. The quantitative estimate of drug-likeness (QED) is 0.634. The second kappa shape index (κ2) is 7.18. The molecule has 1 saturated carbocycles. The molecule has 1 aliphatic heterocycles. The molecule has 2 N–H and O–H groups in total. The molecule has 0 radical (unpaired) electrons. The van der Waals surface area contributed by atoms with Crippen molar-refractivity contribution in [1.29, 1.82) is 5.26 Å². The maximum Gasteiger partial charge on any atom is 0.110 e. The van der Waals surface area contributed by atoms with E-state index in [1.54, 1.807) is 11.3 Å². The zero-order chi connectivity index (χ0) is 19.0.